The van der Waals surface area contributed by atoms with Crippen LogP contribution in [0.3, 0.4) is 0 Å². The summed E-state index contributed by atoms with van der Waals surface area (Å²) in [4.78, 5) is 13.2. The fraction of sp³-hybridized carbons (Fsp3) is 0.176. The number of carbonyl (C=O) groups is 1. The summed E-state index contributed by atoms with van der Waals surface area (Å²) in [5.41, 5.74) is 1.13. The van der Waals surface area contributed by atoms with E-state index in [2.05, 4.69) is 9.88 Å². The van der Waals surface area contributed by atoms with Crippen LogP contribution in [-0.4, -0.2) is 24.4 Å². The van der Waals surface area contributed by atoms with Gasteiger partial charge < -0.3 is 9.42 Å². The van der Waals surface area contributed by atoms with Gasteiger partial charge in [0.05, 0.1) is 23.5 Å². The van der Waals surface area contributed by atoms with Crippen molar-refractivity contribution >= 4 is 44.2 Å². The standard InChI is InChI=1S/C17H14ClN3O4S/c1-10(22)21-8-13-15(9-21)19-25-17(13)20-26(23,24)16-7-3-4-11-12(16)5-2-6-14(11)18/h2-7,20H,8-9H2,1H3. The van der Waals surface area contributed by atoms with Crippen molar-refractivity contribution in [1.82, 2.24) is 10.1 Å². The van der Waals surface area contributed by atoms with Gasteiger partial charge in [0.1, 0.15) is 5.69 Å². The Kier molecular flexibility index (Phi) is 3.89. The van der Waals surface area contributed by atoms with Gasteiger partial charge in [0.15, 0.2) is 0 Å². The van der Waals surface area contributed by atoms with Crippen molar-refractivity contribution in [1.29, 1.82) is 0 Å². The second kappa shape index (κ2) is 6.00. The molecule has 0 spiro atoms. The quantitative estimate of drug-likeness (QED) is 0.740. The summed E-state index contributed by atoms with van der Waals surface area (Å²) in [6.07, 6.45) is 0. The van der Waals surface area contributed by atoms with E-state index in [4.69, 9.17) is 16.1 Å². The summed E-state index contributed by atoms with van der Waals surface area (Å²) in [6.45, 7) is 2.01. The Morgan fingerprint density at radius 3 is 2.69 bits per heavy atom. The number of nitrogens with one attached hydrogen (secondary N) is 1. The first-order valence-electron chi connectivity index (χ1n) is 7.80. The number of amides is 1. The van der Waals surface area contributed by atoms with Crippen LogP contribution in [0, 0.1) is 0 Å². The van der Waals surface area contributed by atoms with Crippen molar-refractivity contribution in [3.8, 4) is 0 Å². The molecule has 0 aliphatic carbocycles. The SMILES string of the molecule is CC(=O)N1Cc2noc(NS(=O)(=O)c3cccc4c(Cl)cccc34)c2C1. The number of hydrogen-bond donors (Lipinski definition) is 1. The van der Waals surface area contributed by atoms with Crippen molar-refractivity contribution in [2.75, 3.05) is 4.72 Å². The summed E-state index contributed by atoms with van der Waals surface area (Å²) in [7, 11) is -3.93. The highest BCUT2D eigenvalue weighted by molar-refractivity contribution is 7.93. The van der Waals surface area contributed by atoms with Crippen molar-refractivity contribution < 1.29 is 17.7 Å². The molecule has 0 bridgehead atoms. The number of fused-ring (bicyclic) bond motifs is 2. The maximum atomic E-state index is 12.9. The number of hydrogen-bond acceptors (Lipinski definition) is 5. The lowest BCUT2D eigenvalue weighted by Gasteiger charge is -2.13. The molecule has 9 heteroatoms. The van der Waals surface area contributed by atoms with Crippen LogP contribution >= 0.6 is 11.6 Å². The zero-order valence-corrected chi connectivity index (χ0v) is 15.3. The molecule has 7 nitrogen and oxygen atoms in total. The number of halogens is 1. The summed E-state index contributed by atoms with van der Waals surface area (Å²) < 4.78 is 33.4. The van der Waals surface area contributed by atoms with E-state index in [0.717, 1.165) is 0 Å². The predicted octanol–water partition coefficient (Wildman–Crippen LogP) is 3.14. The normalized spacial score (nSPS) is 13.8. The first kappa shape index (κ1) is 16.9. The van der Waals surface area contributed by atoms with Crippen molar-refractivity contribution in [2.45, 2.75) is 24.9 Å². The third kappa shape index (κ3) is 2.71. The molecule has 1 aliphatic rings. The minimum atomic E-state index is -3.93. The smallest absolute Gasteiger partial charge is 0.264 e. The van der Waals surface area contributed by atoms with Gasteiger partial charge in [-0.1, -0.05) is 41.0 Å². The molecule has 134 valence electrons. The van der Waals surface area contributed by atoms with Gasteiger partial charge in [0.2, 0.25) is 11.8 Å². The number of sulfonamides is 1. The van der Waals surface area contributed by atoms with Gasteiger partial charge in [0.25, 0.3) is 10.0 Å². The third-order valence-corrected chi connectivity index (χ3v) is 6.07. The molecule has 1 amide bonds. The van der Waals surface area contributed by atoms with E-state index in [1.165, 1.54) is 13.0 Å². The maximum Gasteiger partial charge on any atom is 0.264 e. The molecule has 26 heavy (non-hydrogen) atoms. The van der Waals surface area contributed by atoms with E-state index in [0.29, 0.717) is 33.6 Å². The second-order valence-corrected chi connectivity index (χ2v) is 8.07. The summed E-state index contributed by atoms with van der Waals surface area (Å²) in [5, 5.41) is 5.49. The minimum absolute atomic E-state index is 0.0304. The molecule has 0 atom stereocenters. The van der Waals surface area contributed by atoms with Crippen LogP contribution in [0.15, 0.2) is 45.8 Å². The van der Waals surface area contributed by atoms with E-state index in [-0.39, 0.29) is 23.2 Å². The van der Waals surface area contributed by atoms with Crippen LogP contribution in [-0.2, 0) is 27.9 Å². The van der Waals surface area contributed by atoms with Gasteiger partial charge in [-0.2, -0.15) is 0 Å². The Hall–Kier alpha value is -2.58. The van der Waals surface area contributed by atoms with Crippen LogP contribution in [0.2, 0.25) is 5.02 Å². The highest BCUT2D eigenvalue weighted by Gasteiger charge is 2.31. The minimum Gasteiger partial charge on any atom is -0.337 e. The van der Waals surface area contributed by atoms with Gasteiger partial charge in [-0.3, -0.25) is 4.79 Å². The number of rotatable bonds is 3. The first-order chi connectivity index (χ1) is 12.4. The lowest BCUT2D eigenvalue weighted by Crippen LogP contribution is -2.22. The number of anilines is 1. The highest BCUT2D eigenvalue weighted by Crippen LogP contribution is 2.33. The van der Waals surface area contributed by atoms with Crippen molar-refractivity contribution in [2.24, 2.45) is 0 Å². The van der Waals surface area contributed by atoms with Crippen LogP contribution in [0.1, 0.15) is 18.2 Å². The van der Waals surface area contributed by atoms with Crippen LogP contribution in [0.5, 0.6) is 0 Å². The monoisotopic (exact) mass is 391 g/mol. The fourth-order valence-electron chi connectivity index (χ4n) is 3.01. The van der Waals surface area contributed by atoms with Gasteiger partial charge in [-0.05, 0) is 12.1 Å². The zero-order chi connectivity index (χ0) is 18.5. The number of benzene rings is 2. The van der Waals surface area contributed by atoms with E-state index >= 15 is 0 Å². The van der Waals surface area contributed by atoms with Crippen molar-refractivity contribution in [3.63, 3.8) is 0 Å². The lowest BCUT2D eigenvalue weighted by atomic mass is 10.1. The molecule has 0 saturated heterocycles. The average molecular weight is 392 g/mol. The molecular weight excluding hydrogens is 378 g/mol. The topological polar surface area (TPSA) is 92.5 Å². The maximum absolute atomic E-state index is 12.9. The number of aromatic nitrogens is 1. The highest BCUT2D eigenvalue weighted by atomic mass is 35.5. The molecule has 0 unspecified atom stereocenters. The molecular formula is C17H14ClN3O4S. The second-order valence-electron chi connectivity index (χ2n) is 6.01. The summed E-state index contributed by atoms with van der Waals surface area (Å²) >= 11 is 6.16. The Labute approximate surface area is 154 Å². The molecule has 1 aliphatic heterocycles. The fourth-order valence-corrected chi connectivity index (χ4v) is 4.49. The number of nitrogens with zero attached hydrogens (tertiary/aromatic N) is 2. The van der Waals surface area contributed by atoms with E-state index in [1.54, 1.807) is 35.2 Å². The van der Waals surface area contributed by atoms with Gasteiger partial charge in [-0.25, -0.2) is 13.1 Å². The molecule has 1 N–H and O–H groups in total. The Morgan fingerprint density at radius 2 is 1.92 bits per heavy atom. The van der Waals surface area contributed by atoms with E-state index < -0.39 is 10.0 Å². The Balaban J connectivity index is 1.73. The van der Waals surface area contributed by atoms with Crippen LogP contribution in [0.25, 0.3) is 10.8 Å². The zero-order valence-electron chi connectivity index (χ0n) is 13.7. The molecule has 0 fully saturated rings. The molecule has 4 rings (SSSR count). The van der Waals surface area contributed by atoms with Gasteiger partial charge in [0, 0.05) is 22.7 Å². The number of carbonyl (C=O) groups excluding carboxylic acids is 1. The van der Waals surface area contributed by atoms with Crippen LogP contribution < -0.4 is 4.72 Å². The van der Waals surface area contributed by atoms with Gasteiger partial charge >= 0.3 is 0 Å². The van der Waals surface area contributed by atoms with Gasteiger partial charge in [-0.15, -0.1) is 0 Å². The van der Waals surface area contributed by atoms with Crippen LogP contribution in [0.4, 0.5) is 5.88 Å². The lowest BCUT2D eigenvalue weighted by molar-refractivity contribution is -0.129. The molecule has 3 aromatic rings. The summed E-state index contributed by atoms with van der Waals surface area (Å²) in [5.74, 6) is -0.0803. The van der Waals surface area contributed by atoms with Crippen molar-refractivity contribution in [3.05, 3.63) is 52.7 Å². The largest absolute Gasteiger partial charge is 0.337 e. The predicted molar refractivity (Wildman–Crippen MR) is 96.2 cm³/mol. The average Bonchev–Trinajstić information content (AvgIpc) is 3.17. The first-order valence-corrected chi connectivity index (χ1v) is 9.66. The Morgan fingerprint density at radius 1 is 1.19 bits per heavy atom. The molecule has 0 radical (unpaired) electrons. The molecule has 1 aromatic heterocycles. The Bertz CT molecular complexity index is 1140. The molecule has 2 heterocycles. The molecule has 0 saturated carbocycles. The summed E-state index contributed by atoms with van der Waals surface area (Å²) in [6, 6.07) is 9.98. The third-order valence-electron chi connectivity index (χ3n) is 4.35. The molecule has 2 aromatic carbocycles. The van der Waals surface area contributed by atoms with E-state index in [9.17, 15) is 13.2 Å². The van der Waals surface area contributed by atoms with E-state index in [1.807, 2.05) is 0 Å².